The largest absolute Gasteiger partial charge is 0.497 e. The van der Waals surface area contributed by atoms with Gasteiger partial charge in [0.2, 0.25) is 0 Å². The highest BCUT2D eigenvalue weighted by atomic mass is 16.5. The van der Waals surface area contributed by atoms with Crippen LogP contribution in [0.3, 0.4) is 0 Å². The number of amides is 1. The van der Waals surface area contributed by atoms with Crippen molar-refractivity contribution in [1.29, 1.82) is 0 Å². The first-order valence-electron chi connectivity index (χ1n) is 9.81. The van der Waals surface area contributed by atoms with E-state index in [1.807, 2.05) is 42.5 Å². The van der Waals surface area contributed by atoms with Gasteiger partial charge in [-0.3, -0.25) is 4.79 Å². The van der Waals surface area contributed by atoms with Crippen molar-refractivity contribution >= 4 is 28.4 Å². The molecule has 4 aromatic rings. The Bertz CT molecular complexity index is 1150. The van der Waals surface area contributed by atoms with Crippen molar-refractivity contribution in [1.82, 2.24) is 10.3 Å². The number of carbonyl (C=O) groups excluding carboxylic acids is 1. The third-order valence-electron chi connectivity index (χ3n) is 4.92. The summed E-state index contributed by atoms with van der Waals surface area (Å²) in [6.45, 7) is 2.55. The first kappa shape index (κ1) is 19.5. The molecule has 0 aliphatic carbocycles. The molecule has 2 N–H and O–H groups in total. The molecule has 0 unspecified atom stereocenters. The van der Waals surface area contributed by atoms with Gasteiger partial charge in [-0.05, 0) is 47.9 Å². The molecule has 1 amide bonds. The number of furan rings is 1. The molecular weight excluding hydrogens is 378 g/mol. The number of rotatable bonds is 7. The Hall–Kier alpha value is -3.80. The summed E-state index contributed by atoms with van der Waals surface area (Å²) in [5.74, 6) is 1.07. The minimum atomic E-state index is -0.259. The van der Waals surface area contributed by atoms with E-state index in [4.69, 9.17) is 9.15 Å². The van der Waals surface area contributed by atoms with Crippen LogP contribution in [-0.2, 0) is 13.0 Å². The molecule has 6 nitrogen and oxygen atoms in total. The number of benzene rings is 2. The minimum absolute atomic E-state index is 0.259. The fraction of sp³-hybridized carbons (Fsp3) is 0.167. The van der Waals surface area contributed by atoms with Gasteiger partial charge in [-0.1, -0.05) is 31.2 Å². The summed E-state index contributed by atoms with van der Waals surface area (Å²) in [6.07, 6.45) is 2.58. The van der Waals surface area contributed by atoms with E-state index in [-0.39, 0.29) is 5.91 Å². The molecule has 0 radical (unpaired) electrons. The molecule has 0 aliphatic heterocycles. The minimum Gasteiger partial charge on any atom is -0.497 e. The van der Waals surface area contributed by atoms with E-state index in [1.165, 1.54) is 5.56 Å². The van der Waals surface area contributed by atoms with Crippen LogP contribution in [-0.4, -0.2) is 18.0 Å². The number of aromatic nitrogens is 1. The average Bonchev–Trinajstić information content (AvgIpc) is 3.27. The molecule has 152 valence electrons. The zero-order chi connectivity index (χ0) is 20.9. The Balaban J connectivity index is 1.53. The summed E-state index contributed by atoms with van der Waals surface area (Å²) in [4.78, 5) is 17.3. The Morgan fingerprint density at radius 2 is 1.77 bits per heavy atom. The van der Waals surface area contributed by atoms with Gasteiger partial charge < -0.3 is 19.8 Å². The van der Waals surface area contributed by atoms with E-state index < -0.39 is 0 Å². The van der Waals surface area contributed by atoms with E-state index in [0.717, 1.165) is 28.8 Å². The third-order valence-corrected chi connectivity index (χ3v) is 4.92. The number of nitrogens with one attached hydrogen (secondary N) is 2. The molecule has 30 heavy (non-hydrogen) atoms. The van der Waals surface area contributed by atoms with Crippen molar-refractivity contribution in [2.24, 2.45) is 0 Å². The maximum Gasteiger partial charge on any atom is 0.270 e. The predicted molar refractivity (Wildman–Crippen MR) is 117 cm³/mol. The lowest BCUT2D eigenvalue weighted by molar-refractivity contribution is 0.0946. The van der Waals surface area contributed by atoms with Gasteiger partial charge in [-0.15, -0.1) is 0 Å². The monoisotopic (exact) mass is 401 g/mol. The molecular formula is C24H23N3O3. The van der Waals surface area contributed by atoms with Crippen molar-refractivity contribution in [3.05, 3.63) is 83.7 Å². The van der Waals surface area contributed by atoms with Gasteiger partial charge in [0.1, 0.15) is 22.8 Å². The van der Waals surface area contributed by atoms with Gasteiger partial charge in [-0.2, -0.15) is 0 Å². The molecule has 2 heterocycles. The molecule has 2 aromatic carbocycles. The molecule has 0 atom stereocenters. The number of hydrogen-bond acceptors (Lipinski definition) is 5. The van der Waals surface area contributed by atoms with Gasteiger partial charge in [0.05, 0.1) is 18.8 Å². The Kier molecular flexibility index (Phi) is 5.66. The highest BCUT2D eigenvalue weighted by molar-refractivity contribution is 5.99. The zero-order valence-corrected chi connectivity index (χ0v) is 16.9. The molecule has 4 rings (SSSR count). The fourth-order valence-corrected chi connectivity index (χ4v) is 3.15. The molecule has 6 heteroatoms. The number of pyridine rings is 1. The Morgan fingerprint density at radius 3 is 2.47 bits per heavy atom. The first-order valence-corrected chi connectivity index (χ1v) is 9.81. The number of aryl methyl sites for hydroxylation is 1. The van der Waals surface area contributed by atoms with Gasteiger partial charge in [0, 0.05) is 18.3 Å². The summed E-state index contributed by atoms with van der Waals surface area (Å²) < 4.78 is 10.7. The molecule has 2 aromatic heterocycles. The smallest absolute Gasteiger partial charge is 0.270 e. The normalized spacial score (nSPS) is 10.7. The number of hydrogen-bond donors (Lipinski definition) is 2. The highest BCUT2D eigenvalue weighted by Gasteiger charge is 2.14. The number of methoxy groups -OCH3 is 1. The lowest BCUT2D eigenvalue weighted by atomic mass is 10.1. The van der Waals surface area contributed by atoms with E-state index in [2.05, 4.69) is 34.7 Å². The standard InChI is InChI=1S/C24H23N3O3/c1-3-16-4-6-17(7-5-16)15-25-24(28)21-14-22-20(12-13-30-22)23(27-21)26-18-8-10-19(29-2)11-9-18/h4-14H,3,15H2,1-2H3,(H,25,28)(H,26,27). The van der Waals surface area contributed by atoms with Crippen molar-refractivity contribution in [2.75, 3.05) is 12.4 Å². The first-order chi connectivity index (χ1) is 14.7. The number of nitrogens with zero attached hydrogens (tertiary/aromatic N) is 1. The van der Waals surface area contributed by atoms with Crippen LogP contribution in [0.4, 0.5) is 11.5 Å². The van der Waals surface area contributed by atoms with Crippen molar-refractivity contribution < 1.29 is 13.9 Å². The maximum absolute atomic E-state index is 12.7. The van der Waals surface area contributed by atoms with E-state index in [1.54, 1.807) is 19.4 Å². The van der Waals surface area contributed by atoms with E-state index in [9.17, 15) is 4.79 Å². The summed E-state index contributed by atoms with van der Waals surface area (Å²) in [6, 6.07) is 19.2. The maximum atomic E-state index is 12.7. The van der Waals surface area contributed by atoms with Crippen LogP contribution in [0, 0.1) is 0 Å². The molecule has 0 saturated heterocycles. The molecule has 0 aliphatic rings. The highest BCUT2D eigenvalue weighted by Crippen LogP contribution is 2.27. The average molecular weight is 401 g/mol. The van der Waals surface area contributed by atoms with Crippen LogP contribution in [0.2, 0.25) is 0 Å². The van der Waals surface area contributed by atoms with Crippen molar-refractivity contribution in [2.45, 2.75) is 19.9 Å². The van der Waals surface area contributed by atoms with Crippen LogP contribution in [0.5, 0.6) is 5.75 Å². The number of ether oxygens (including phenoxy) is 1. The second kappa shape index (κ2) is 8.69. The molecule has 0 bridgehead atoms. The van der Waals surface area contributed by atoms with Crippen LogP contribution in [0.25, 0.3) is 11.0 Å². The zero-order valence-electron chi connectivity index (χ0n) is 16.9. The van der Waals surface area contributed by atoms with Gasteiger partial charge in [0.15, 0.2) is 0 Å². The Morgan fingerprint density at radius 1 is 1.03 bits per heavy atom. The molecule has 0 fully saturated rings. The lowest BCUT2D eigenvalue weighted by Gasteiger charge is -2.10. The van der Waals surface area contributed by atoms with Crippen molar-refractivity contribution in [3.8, 4) is 5.75 Å². The van der Waals surface area contributed by atoms with Crippen LogP contribution in [0.1, 0.15) is 28.5 Å². The predicted octanol–water partition coefficient (Wildman–Crippen LogP) is 5.07. The second-order valence-corrected chi connectivity index (χ2v) is 6.89. The van der Waals surface area contributed by atoms with Crippen LogP contribution < -0.4 is 15.4 Å². The van der Waals surface area contributed by atoms with Crippen LogP contribution >= 0.6 is 0 Å². The van der Waals surface area contributed by atoms with Gasteiger partial charge in [-0.25, -0.2) is 4.98 Å². The molecule has 0 spiro atoms. The summed E-state index contributed by atoms with van der Waals surface area (Å²) in [5.41, 5.74) is 4.02. The fourth-order valence-electron chi connectivity index (χ4n) is 3.15. The Labute approximate surface area is 174 Å². The third kappa shape index (κ3) is 4.27. The van der Waals surface area contributed by atoms with Gasteiger partial charge in [0.25, 0.3) is 5.91 Å². The van der Waals surface area contributed by atoms with E-state index in [0.29, 0.717) is 23.6 Å². The summed E-state index contributed by atoms with van der Waals surface area (Å²) >= 11 is 0. The number of carbonyl (C=O) groups is 1. The van der Waals surface area contributed by atoms with Crippen molar-refractivity contribution in [3.63, 3.8) is 0 Å². The lowest BCUT2D eigenvalue weighted by Crippen LogP contribution is -2.24. The van der Waals surface area contributed by atoms with Crippen LogP contribution in [0.15, 0.2) is 71.3 Å². The SMILES string of the molecule is CCc1ccc(CNC(=O)c2cc3occc3c(Nc3ccc(OC)cc3)n2)cc1. The summed E-state index contributed by atoms with van der Waals surface area (Å²) in [7, 11) is 1.62. The molecule has 0 saturated carbocycles. The number of anilines is 2. The number of fused-ring (bicyclic) bond motifs is 1. The quantitative estimate of drug-likeness (QED) is 0.452. The van der Waals surface area contributed by atoms with Gasteiger partial charge >= 0.3 is 0 Å². The topological polar surface area (TPSA) is 76.4 Å². The van der Waals surface area contributed by atoms with E-state index >= 15 is 0 Å². The second-order valence-electron chi connectivity index (χ2n) is 6.89. The summed E-state index contributed by atoms with van der Waals surface area (Å²) in [5, 5.41) is 6.99.